The van der Waals surface area contributed by atoms with E-state index in [4.69, 9.17) is 17.2 Å². The fraction of sp³-hybridized carbons (Fsp3) is 0.442. The first-order valence-electron chi connectivity index (χ1n) is 22.9. The molecule has 2 heterocycles. The van der Waals surface area contributed by atoms with Crippen LogP contribution in [0.15, 0.2) is 40.2 Å². The summed E-state index contributed by atoms with van der Waals surface area (Å²) in [6, 6.07) is -5.39. The van der Waals surface area contributed by atoms with E-state index in [1.165, 1.54) is 41.3 Å². The summed E-state index contributed by atoms with van der Waals surface area (Å²) >= 11 is 0. The molecule has 0 bridgehead atoms. The van der Waals surface area contributed by atoms with Gasteiger partial charge >= 0.3 is 29.8 Å². The van der Waals surface area contributed by atoms with Crippen molar-refractivity contribution in [1.82, 2.24) is 51.8 Å². The van der Waals surface area contributed by atoms with Crippen LogP contribution in [-0.2, 0) is 54.5 Å². The molecule has 0 saturated heterocycles. The highest BCUT2D eigenvalue weighted by Crippen LogP contribution is 2.23. The molecule has 0 aliphatic rings. The number of carboxylic acids is 5. The minimum Gasteiger partial charge on any atom is -0.481 e. The molecule has 0 aliphatic carbocycles. The second-order valence-electron chi connectivity index (χ2n) is 16.4. The van der Waals surface area contributed by atoms with E-state index in [1.54, 1.807) is 0 Å². The SMILES string of the molecule is CCCSSC[C@H](NC(=O)[C@H](CC(=O)O)NC(=O)[C@H](CC(=O)O)NC(=O)[C@H](CCCN=C(N)N)NC(=O)[C@H](CC(=O)O)NC(=O)CC[C@H](NC(=O)c1ccc(NCc2cnc3nc(N)[nH]c(=O)c3n2)cc1)C(=O)O)C(=O)O. The Morgan fingerprint density at radius 2 is 1.21 bits per heavy atom. The van der Waals surface area contributed by atoms with Crippen LogP contribution in [0.25, 0.3) is 11.2 Å². The maximum Gasteiger partial charge on any atom is 0.327 e. The van der Waals surface area contributed by atoms with Crippen molar-refractivity contribution in [3.63, 3.8) is 0 Å². The van der Waals surface area contributed by atoms with Gasteiger partial charge in [0, 0.05) is 35.7 Å². The molecular weight excluding hydrogens is 1060 g/mol. The Balaban J connectivity index is 1.71. The molecule has 32 nitrogen and oxygen atoms in total. The molecule has 0 unspecified atom stereocenters. The third-order valence-electron chi connectivity index (χ3n) is 10.2. The third-order valence-corrected chi connectivity index (χ3v) is 12.8. The number of aromatic nitrogens is 4. The van der Waals surface area contributed by atoms with Gasteiger partial charge in [0.05, 0.1) is 37.7 Å². The van der Waals surface area contributed by atoms with E-state index >= 15 is 0 Å². The summed E-state index contributed by atoms with van der Waals surface area (Å²) in [4.78, 5) is 170. The quantitative estimate of drug-likeness (QED) is 0.0120. The second-order valence-corrected chi connectivity index (χ2v) is 19.0. The van der Waals surface area contributed by atoms with Crippen LogP contribution in [0.2, 0.25) is 0 Å². The Hall–Kier alpha value is -8.82. The van der Waals surface area contributed by atoms with Gasteiger partial charge in [0.2, 0.25) is 35.5 Å². The number of hydrogen-bond donors (Lipinski definition) is 16. The average Bonchev–Trinajstić information content (AvgIpc) is 3.35. The Kier molecular flexibility index (Phi) is 25.3. The number of carbonyl (C=O) groups is 11. The van der Waals surface area contributed by atoms with Gasteiger partial charge < -0.3 is 80.0 Å². The molecule has 19 N–H and O–H groups in total. The number of fused-ring (bicyclic) bond motifs is 1. The molecule has 77 heavy (non-hydrogen) atoms. The van der Waals surface area contributed by atoms with Gasteiger partial charge in [-0.3, -0.25) is 57.9 Å². The Morgan fingerprint density at radius 1 is 0.675 bits per heavy atom. The molecule has 3 rings (SSSR count). The zero-order valence-electron chi connectivity index (χ0n) is 40.8. The maximum absolute atomic E-state index is 13.8. The number of benzene rings is 1. The molecule has 0 spiro atoms. The van der Waals surface area contributed by atoms with E-state index in [0.717, 1.165) is 17.2 Å². The normalized spacial score (nSPS) is 13.2. The van der Waals surface area contributed by atoms with E-state index in [1.807, 2.05) is 12.2 Å². The van der Waals surface area contributed by atoms with Crippen molar-refractivity contribution in [2.75, 3.05) is 29.1 Å². The Labute approximate surface area is 443 Å². The van der Waals surface area contributed by atoms with Gasteiger partial charge in [0.15, 0.2) is 17.1 Å². The maximum atomic E-state index is 13.8. The number of nitrogens with two attached hydrogens (primary N) is 3. The van der Waals surface area contributed by atoms with Gasteiger partial charge in [-0.15, -0.1) is 0 Å². The number of H-pyrrole nitrogens is 1. The van der Waals surface area contributed by atoms with Crippen LogP contribution in [0.4, 0.5) is 11.6 Å². The Bertz CT molecular complexity index is 2750. The largest absolute Gasteiger partial charge is 0.481 e. The number of hydrogen-bond acceptors (Lipinski definition) is 20. The van der Waals surface area contributed by atoms with Crippen molar-refractivity contribution in [2.24, 2.45) is 16.5 Å². The first-order chi connectivity index (χ1) is 36.4. The zero-order valence-corrected chi connectivity index (χ0v) is 42.4. The standard InChI is InChI=1S/C43H57N15O17S2/c1-2-12-76-77-18-27(41(74)75)56-38(70)26(15-31(64)65)55-37(69)25(14-30(62)63)54-35(67)22(4-3-11-47-42(44)45)52-36(68)24(13-29(60)61)51-28(59)10-9-23(40(72)73)53-34(66)19-5-7-20(8-6-19)48-16-21-17-49-33-32(50-21)39(71)58-43(46)57-33/h5-8,17,22-27,48H,2-4,9-16,18H2,1H3,(H,51,59)(H,52,68)(H,53,66)(H,54,67)(H,55,69)(H,56,70)(H,60,61)(H,62,63)(H,64,65)(H,72,73)(H,74,75)(H4,44,45,47)(H3,46,49,57,58,71)/t22-,23-,24-,25-,26-,27-/m0/s1. The molecule has 2 aromatic heterocycles. The van der Waals surface area contributed by atoms with Crippen LogP contribution < -0.4 is 60.0 Å². The van der Waals surface area contributed by atoms with Crippen LogP contribution in [0, 0.1) is 0 Å². The van der Waals surface area contributed by atoms with Crippen LogP contribution in [0.1, 0.15) is 74.3 Å². The lowest BCUT2D eigenvalue weighted by Crippen LogP contribution is -2.59. The van der Waals surface area contributed by atoms with Crippen molar-refractivity contribution in [3.05, 3.63) is 52.1 Å². The number of nitrogen functional groups attached to an aromatic ring is 1. The van der Waals surface area contributed by atoms with Gasteiger partial charge in [0.1, 0.15) is 36.3 Å². The van der Waals surface area contributed by atoms with Crippen molar-refractivity contribution in [2.45, 2.75) is 101 Å². The summed E-state index contributed by atoms with van der Waals surface area (Å²) in [5, 5.41) is 64.1. The summed E-state index contributed by atoms with van der Waals surface area (Å²) in [5.74, 6) is -15.3. The number of nitrogens with one attached hydrogen (secondary N) is 8. The number of aliphatic carboxylic acids is 5. The van der Waals surface area contributed by atoms with Crippen molar-refractivity contribution in [1.29, 1.82) is 0 Å². The van der Waals surface area contributed by atoms with Crippen LogP contribution in [0.5, 0.6) is 0 Å². The predicted molar refractivity (Wildman–Crippen MR) is 273 cm³/mol. The van der Waals surface area contributed by atoms with Gasteiger partial charge in [-0.05, 0) is 49.9 Å². The highest BCUT2D eigenvalue weighted by Gasteiger charge is 2.35. The van der Waals surface area contributed by atoms with Crippen molar-refractivity contribution in [3.8, 4) is 0 Å². The van der Waals surface area contributed by atoms with Crippen molar-refractivity contribution < 1.29 is 78.3 Å². The first-order valence-corrected chi connectivity index (χ1v) is 25.4. The number of carboxylic acid groups (broad SMARTS) is 5. The smallest absolute Gasteiger partial charge is 0.327 e. The summed E-state index contributed by atoms with van der Waals surface area (Å²) in [5.41, 5.74) is 16.5. The van der Waals surface area contributed by atoms with Gasteiger partial charge in [-0.25, -0.2) is 19.6 Å². The number of amides is 6. The second kappa shape index (κ2) is 31.2. The molecule has 6 amide bonds. The molecular formula is C43H57N15O17S2. The van der Waals surface area contributed by atoms with Gasteiger partial charge in [-0.1, -0.05) is 28.5 Å². The number of guanidine groups is 1. The number of carbonyl (C=O) groups excluding carboxylic acids is 6. The molecule has 418 valence electrons. The topological polar surface area (TPSA) is 535 Å². The number of aromatic amines is 1. The molecule has 1 aromatic carbocycles. The predicted octanol–water partition coefficient (Wildman–Crippen LogP) is -3.35. The van der Waals surface area contributed by atoms with Gasteiger partial charge in [-0.2, -0.15) is 4.98 Å². The highest BCUT2D eigenvalue weighted by atomic mass is 33.1. The summed E-state index contributed by atoms with van der Waals surface area (Å²) in [7, 11) is 2.42. The molecule has 6 atom stereocenters. The summed E-state index contributed by atoms with van der Waals surface area (Å²) in [6.07, 6.45) is -3.08. The van der Waals surface area contributed by atoms with E-state index in [-0.39, 0.29) is 53.9 Å². The summed E-state index contributed by atoms with van der Waals surface area (Å²) < 4.78 is 0. The molecule has 34 heteroatoms. The molecule has 0 aliphatic heterocycles. The third kappa shape index (κ3) is 22.3. The molecule has 0 fully saturated rings. The minimum absolute atomic E-state index is 0.000101. The number of nitrogens with zero attached hydrogens (tertiary/aromatic N) is 4. The summed E-state index contributed by atoms with van der Waals surface area (Å²) in [6.45, 7) is 1.80. The fourth-order valence-corrected chi connectivity index (χ4v) is 8.77. The highest BCUT2D eigenvalue weighted by molar-refractivity contribution is 8.76. The van der Waals surface area contributed by atoms with Crippen LogP contribution in [0.3, 0.4) is 0 Å². The van der Waals surface area contributed by atoms with E-state index in [0.29, 0.717) is 17.1 Å². The van der Waals surface area contributed by atoms with Crippen molar-refractivity contribution >= 4 is 116 Å². The number of anilines is 2. The minimum atomic E-state index is -2.09. The van der Waals surface area contributed by atoms with E-state index < -0.39 is 146 Å². The molecule has 3 aromatic rings. The fourth-order valence-electron chi connectivity index (χ4n) is 6.48. The van der Waals surface area contributed by atoms with E-state index in [2.05, 4.69) is 56.8 Å². The molecule has 0 saturated carbocycles. The first kappa shape index (κ1) is 62.5. The van der Waals surface area contributed by atoms with Crippen LogP contribution >= 0.6 is 21.6 Å². The Morgan fingerprint density at radius 3 is 1.74 bits per heavy atom. The average molecular weight is 1120 g/mol. The lowest BCUT2D eigenvalue weighted by atomic mass is 10.1. The van der Waals surface area contributed by atoms with E-state index in [9.17, 15) is 83.1 Å². The van der Waals surface area contributed by atoms with Gasteiger partial charge in [0.25, 0.3) is 11.5 Å². The number of aliphatic imine (C=N–C) groups is 1. The monoisotopic (exact) mass is 1120 g/mol. The lowest BCUT2D eigenvalue weighted by Gasteiger charge is -2.26. The number of rotatable bonds is 34. The van der Waals surface area contributed by atoms with Crippen LogP contribution in [-0.4, -0.2) is 171 Å². The zero-order chi connectivity index (χ0) is 57.4. The lowest BCUT2D eigenvalue weighted by molar-refractivity contribution is -0.144. The molecule has 0 radical (unpaired) electrons.